The lowest BCUT2D eigenvalue weighted by Gasteiger charge is -2.32. The van der Waals surface area contributed by atoms with E-state index in [2.05, 4.69) is 30.7 Å². The summed E-state index contributed by atoms with van der Waals surface area (Å²) in [4.78, 5) is 36.5. The molecule has 0 N–H and O–H groups in total. The predicted molar refractivity (Wildman–Crippen MR) is 116 cm³/mol. The van der Waals surface area contributed by atoms with Gasteiger partial charge in [-0.1, -0.05) is 26.8 Å². The summed E-state index contributed by atoms with van der Waals surface area (Å²) in [5, 5.41) is 0. The highest BCUT2D eigenvalue weighted by Crippen LogP contribution is 2.22. The third kappa shape index (κ3) is 3.88. The minimum atomic E-state index is -0.139. The monoisotopic (exact) mass is 407 g/mol. The number of rotatable bonds is 3. The van der Waals surface area contributed by atoms with Crippen LogP contribution in [0.15, 0.2) is 41.6 Å². The van der Waals surface area contributed by atoms with Gasteiger partial charge in [0.15, 0.2) is 0 Å². The summed E-state index contributed by atoms with van der Waals surface area (Å²) in [6, 6.07) is 7.39. The Hall–Kier alpha value is -2.96. The summed E-state index contributed by atoms with van der Waals surface area (Å²) >= 11 is 0. The van der Waals surface area contributed by atoms with E-state index < -0.39 is 0 Å². The average molecular weight is 408 g/mol. The summed E-state index contributed by atoms with van der Waals surface area (Å²) in [5.41, 5.74) is 2.85. The van der Waals surface area contributed by atoms with Crippen molar-refractivity contribution < 1.29 is 4.79 Å². The molecule has 1 amide bonds. The number of likely N-dealkylation sites (tertiary alicyclic amines) is 1. The van der Waals surface area contributed by atoms with E-state index in [4.69, 9.17) is 0 Å². The van der Waals surface area contributed by atoms with Gasteiger partial charge in [-0.05, 0) is 37.8 Å². The molecule has 0 atom stereocenters. The lowest BCUT2D eigenvalue weighted by Crippen LogP contribution is -2.40. The maximum absolute atomic E-state index is 13.1. The Labute approximate surface area is 176 Å². The number of carbonyl (C=O) groups excluding carboxylic acids is 1. The first-order valence-corrected chi connectivity index (χ1v) is 10.5. The van der Waals surface area contributed by atoms with Crippen molar-refractivity contribution in [3.63, 3.8) is 0 Å². The molecule has 7 heteroatoms. The standard InChI is InChI=1S/C23H29N5O2/c1-16-21(28-10-6-5-7-19(28)25-16)22(30)26-11-8-17(9-12-26)14-27-15-24-18(13-20(27)29)23(2,3)4/h5-7,10,13,15,17H,8-9,11-12,14H2,1-4H3. The third-order valence-electron chi connectivity index (χ3n) is 5.91. The number of carbonyl (C=O) groups is 1. The summed E-state index contributed by atoms with van der Waals surface area (Å²) in [5.74, 6) is 0.385. The van der Waals surface area contributed by atoms with Crippen molar-refractivity contribution in [1.82, 2.24) is 23.8 Å². The molecular formula is C23H29N5O2. The first-order chi connectivity index (χ1) is 14.2. The minimum Gasteiger partial charge on any atom is -0.337 e. The van der Waals surface area contributed by atoms with Crippen molar-refractivity contribution in [2.24, 2.45) is 5.92 Å². The SMILES string of the molecule is Cc1nc2ccccn2c1C(=O)N1CCC(Cn2cnc(C(C)(C)C)cc2=O)CC1. The van der Waals surface area contributed by atoms with Gasteiger partial charge < -0.3 is 4.90 Å². The summed E-state index contributed by atoms with van der Waals surface area (Å²) in [6.45, 7) is 10.1. The highest BCUT2D eigenvalue weighted by Gasteiger charge is 2.27. The van der Waals surface area contributed by atoms with E-state index in [0.717, 1.165) is 29.9 Å². The zero-order chi connectivity index (χ0) is 21.5. The van der Waals surface area contributed by atoms with E-state index in [0.29, 0.717) is 31.2 Å². The summed E-state index contributed by atoms with van der Waals surface area (Å²) < 4.78 is 3.57. The third-order valence-corrected chi connectivity index (χ3v) is 5.91. The van der Waals surface area contributed by atoms with E-state index in [1.807, 2.05) is 40.6 Å². The lowest BCUT2D eigenvalue weighted by atomic mass is 9.92. The topological polar surface area (TPSA) is 72.5 Å². The molecule has 3 aromatic rings. The number of hydrogen-bond donors (Lipinski definition) is 0. The fourth-order valence-electron chi connectivity index (χ4n) is 4.09. The molecule has 0 aromatic carbocycles. The second kappa shape index (κ2) is 7.70. The fourth-order valence-corrected chi connectivity index (χ4v) is 4.09. The number of hydrogen-bond acceptors (Lipinski definition) is 4. The normalized spacial score (nSPS) is 15.7. The van der Waals surface area contributed by atoms with Crippen LogP contribution in [0.1, 0.15) is 55.5 Å². The van der Waals surface area contributed by atoms with Crippen molar-refractivity contribution in [3.05, 3.63) is 64.2 Å². The molecule has 0 bridgehead atoms. The predicted octanol–water partition coefficient (Wildman–Crippen LogP) is 3.05. The van der Waals surface area contributed by atoms with Gasteiger partial charge >= 0.3 is 0 Å². The minimum absolute atomic E-state index is 0.00483. The molecule has 0 aliphatic carbocycles. The van der Waals surface area contributed by atoms with E-state index in [1.54, 1.807) is 17.0 Å². The molecule has 7 nitrogen and oxygen atoms in total. The van der Waals surface area contributed by atoms with Crippen molar-refractivity contribution in [3.8, 4) is 0 Å². The Balaban J connectivity index is 1.42. The second-order valence-corrected chi connectivity index (χ2v) is 9.22. The van der Waals surface area contributed by atoms with Gasteiger partial charge in [0.2, 0.25) is 0 Å². The molecule has 4 heterocycles. The highest BCUT2D eigenvalue weighted by atomic mass is 16.2. The van der Waals surface area contributed by atoms with Crippen molar-refractivity contribution >= 4 is 11.6 Å². The Kier molecular flexibility index (Phi) is 5.22. The van der Waals surface area contributed by atoms with Crippen molar-refractivity contribution in [1.29, 1.82) is 0 Å². The number of imidazole rings is 1. The van der Waals surface area contributed by atoms with Crippen LogP contribution in [0.4, 0.5) is 0 Å². The quantitative estimate of drug-likeness (QED) is 0.669. The number of nitrogens with zero attached hydrogens (tertiary/aromatic N) is 5. The number of aromatic nitrogens is 4. The largest absolute Gasteiger partial charge is 0.337 e. The fraction of sp³-hybridized carbons (Fsp3) is 0.478. The van der Waals surface area contributed by atoms with Gasteiger partial charge in [-0.15, -0.1) is 0 Å². The zero-order valence-electron chi connectivity index (χ0n) is 18.1. The number of pyridine rings is 1. The second-order valence-electron chi connectivity index (χ2n) is 9.22. The van der Waals surface area contributed by atoms with Crippen LogP contribution in [0.5, 0.6) is 0 Å². The Bertz CT molecular complexity index is 1130. The molecule has 1 fully saturated rings. The molecule has 3 aromatic heterocycles. The molecule has 0 unspecified atom stereocenters. The van der Waals surface area contributed by atoms with Crippen LogP contribution in [0.25, 0.3) is 5.65 Å². The van der Waals surface area contributed by atoms with Gasteiger partial charge in [0, 0.05) is 37.3 Å². The molecule has 1 aliphatic rings. The van der Waals surface area contributed by atoms with Crippen molar-refractivity contribution in [2.45, 2.75) is 52.5 Å². The molecule has 0 spiro atoms. The highest BCUT2D eigenvalue weighted by molar-refractivity contribution is 5.94. The van der Waals surface area contributed by atoms with Gasteiger partial charge in [-0.2, -0.15) is 0 Å². The van der Waals surface area contributed by atoms with Gasteiger partial charge in [0.25, 0.3) is 11.5 Å². The van der Waals surface area contributed by atoms with E-state index in [1.165, 1.54) is 0 Å². The van der Waals surface area contributed by atoms with Crippen molar-refractivity contribution in [2.75, 3.05) is 13.1 Å². The van der Waals surface area contributed by atoms with Crippen LogP contribution in [0.3, 0.4) is 0 Å². The van der Waals surface area contributed by atoms with E-state index in [-0.39, 0.29) is 16.9 Å². The van der Waals surface area contributed by atoms with Crippen LogP contribution in [-0.4, -0.2) is 42.8 Å². The van der Waals surface area contributed by atoms with Gasteiger partial charge in [-0.25, -0.2) is 9.97 Å². The number of piperidine rings is 1. The zero-order valence-corrected chi connectivity index (χ0v) is 18.1. The van der Waals surface area contributed by atoms with Gasteiger partial charge in [-0.3, -0.25) is 18.6 Å². The number of fused-ring (bicyclic) bond motifs is 1. The molecule has 0 radical (unpaired) electrons. The lowest BCUT2D eigenvalue weighted by molar-refractivity contribution is 0.0674. The summed E-state index contributed by atoms with van der Waals surface area (Å²) in [6.07, 6.45) is 5.29. The Morgan fingerprint density at radius 1 is 1.20 bits per heavy atom. The molecule has 1 saturated heterocycles. The van der Waals surface area contributed by atoms with Crippen LogP contribution in [0.2, 0.25) is 0 Å². The van der Waals surface area contributed by atoms with Crippen LogP contribution in [0, 0.1) is 12.8 Å². The first-order valence-electron chi connectivity index (χ1n) is 10.5. The molecule has 4 rings (SSSR count). The summed E-state index contributed by atoms with van der Waals surface area (Å²) in [7, 11) is 0. The molecule has 0 saturated carbocycles. The number of aryl methyl sites for hydroxylation is 1. The van der Waals surface area contributed by atoms with Crippen LogP contribution in [-0.2, 0) is 12.0 Å². The van der Waals surface area contributed by atoms with Gasteiger partial charge in [0.1, 0.15) is 11.3 Å². The van der Waals surface area contributed by atoms with E-state index >= 15 is 0 Å². The van der Waals surface area contributed by atoms with Crippen LogP contribution >= 0.6 is 0 Å². The Morgan fingerprint density at radius 2 is 1.93 bits per heavy atom. The molecule has 1 aliphatic heterocycles. The van der Waals surface area contributed by atoms with Gasteiger partial charge in [0.05, 0.1) is 17.7 Å². The molecular weight excluding hydrogens is 378 g/mol. The number of amides is 1. The smallest absolute Gasteiger partial charge is 0.272 e. The average Bonchev–Trinajstić information content (AvgIpc) is 3.04. The van der Waals surface area contributed by atoms with E-state index in [9.17, 15) is 9.59 Å². The molecule has 30 heavy (non-hydrogen) atoms. The first kappa shape index (κ1) is 20.3. The molecule has 158 valence electrons. The Morgan fingerprint density at radius 3 is 2.60 bits per heavy atom. The maximum atomic E-state index is 13.1. The maximum Gasteiger partial charge on any atom is 0.272 e. The van der Waals surface area contributed by atoms with Crippen LogP contribution < -0.4 is 5.56 Å².